The summed E-state index contributed by atoms with van der Waals surface area (Å²) in [6.45, 7) is 11.9. The number of nitrogens with one attached hydrogen (secondary N) is 1. The van der Waals surface area contributed by atoms with Crippen LogP contribution in [0.4, 0.5) is 5.69 Å². The molecule has 3 N–H and O–H groups in total. The lowest BCUT2D eigenvalue weighted by Crippen LogP contribution is -2.43. The maximum Gasteiger partial charge on any atom is 0.291 e. The number of nitriles is 1. The minimum Gasteiger partial charge on any atom is -0.393 e. The number of anilines is 1. The fraction of sp³-hybridized carbons (Fsp3) is 0.559. The quantitative estimate of drug-likeness (QED) is 0.209. The number of hydrogen-bond donors (Lipinski definition) is 3. The Morgan fingerprint density at radius 3 is 2.64 bits per heavy atom. The van der Waals surface area contributed by atoms with E-state index >= 15 is 0 Å². The number of nitrogens with zero attached hydrogens (tertiary/aromatic N) is 3. The molecule has 10 heteroatoms. The van der Waals surface area contributed by atoms with Crippen LogP contribution in [0.2, 0.25) is 25.7 Å². The highest BCUT2D eigenvalue weighted by molar-refractivity contribution is 6.76. The molecule has 9 nitrogen and oxygen atoms in total. The first-order valence-corrected chi connectivity index (χ1v) is 19.3. The smallest absolute Gasteiger partial charge is 0.291 e. The second kappa shape index (κ2) is 12.4. The molecule has 5 rings (SSSR count). The Bertz CT molecular complexity index is 1510. The van der Waals surface area contributed by atoms with Gasteiger partial charge in [-0.25, -0.2) is 4.98 Å². The van der Waals surface area contributed by atoms with Gasteiger partial charge in [-0.3, -0.25) is 4.79 Å². The molecule has 3 aliphatic rings. The van der Waals surface area contributed by atoms with E-state index in [-0.39, 0.29) is 36.9 Å². The van der Waals surface area contributed by atoms with E-state index in [1.165, 1.54) is 5.57 Å². The summed E-state index contributed by atoms with van der Waals surface area (Å²) in [4.78, 5) is 18.0. The number of amides is 1. The highest BCUT2D eigenvalue weighted by Gasteiger charge is 2.51. The number of ether oxygens (including phenoxy) is 2. The Hall–Kier alpha value is -3.07. The van der Waals surface area contributed by atoms with Gasteiger partial charge in [0.2, 0.25) is 5.82 Å². The van der Waals surface area contributed by atoms with Crippen molar-refractivity contribution in [1.82, 2.24) is 9.55 Å². The lowest BCUT2D eigenvalue weighted by atomic mass is 9.76. The molecule has 0 saturated carbocycles. The van der Waals surface area contributed by atoms with Crippen molar-refractivity contribution in [3.05, 3.63) is 59.2 Å². The first-order chi connectivity index (χ1) is 20.8. The standard InChI is InChI=1S/C34H46N4O5Si/c1-32(2)10-8-24(9-11-32)28-16-25(26-17-33(21-39)12-13-34(18-26,22-40)43-33)6-7-29(28)37-31(41)30-36-27(19-35)20-38(30)23-42-14-15-44(3,4)5/h6-8,16-17,20,39-40H,9-15,18,21-23H2,1-5H3,(H,37,41). The van der Waals surface area contributed by atoms with Crippen LogP contribution in [0.5, 0.6) is 0 Å². The van der Waals surface area contributed by atoms with Crippen LogP contribution in [0.3, 0.4) is 0 Å². The molecule has 1 amide bonds. The molecule has 1 aliphatic carbocycles. The molecule has 1 fully saturated rings. The Labute approximate surface area is 261 Å². The molecule has 3 heterocycles. The zero-order chi connectivity index (χ0) is 31.8. The van der Waals surface area contributed by atoms with Crippen molar-refractivity contribution in [1.29, 1.82) is 5.26 Å². The van der Waals surface area contributed by atoms with Crippen molar-refractivity contribution in [3.63, 3.8) is 0 Å². The third kappa shape index (κ3) is 7.08. The number of carbonyl (C=O) groups excluding carboxylic acids is 1. The fourth-order valence-electron chi connectivity index (χ4n) is 6.33. The van der Waals surface area contributed by atoms with Crippen molar-refractivity contribution in [2.24, 2.45) is 5.41 Å². The average Bonchev–Trinajstić information content (AvgIpc) is 3.53. The van der Waals surface area contributed by atoms with Crippen LogP contribution in [-0.4, -0.2) is 64.8 Å². The number of allylic oxidation sites excluding steroid dienone is 2. The molecule has 2 bridgehead atoms. The van der Waals surface area contributed by atoms with Gasteiger partial charge in [-0.05, 0) is 78.5 Å². The predicted molar refractivity (Wildman–Crippen MR) is 174 cm³/mol. The number of rotatable bonds is 11. The van der Waals surface area contributed by atoms with Crippen molar-refractivity contribution in [2.75, 3.05) is 25.1 Å². The lowest BCUT2D eigenvalue weighted by molar-refractivity contribution is -0.123. The molecule has 0 radical (unpaired) electrons. The number of imidazole rings is 1. The second-order valence-electron chi connectivity index (χ2n) is 14.7. The zero-order valence-electron chi connectivity index (χ0n) is 26.7. The Morgan fingerprint density at radius 2 is 1.98 bits per heavy atom. The molecule has 0 spiro atoms. The minimum atomic E-state index is -1.27. The van der Waals surface area contributed by atoms with E-state index in [1.807, 2.05) is 24.3 Å². The number of fused-ring (bicyclic) bond motifs is 2. The summed E-state index contributed by atoms with van der Waals surface area (Å²) < 4.78 is 13.7. The average molecular weight is 619 g/mol. The van der Waals surface area contributed by atoms with Gasteiger partial charge in [0.05, 0.1) is 18.8 Å². The van der Waals surface area contributed by atoms with Gasteiger partial charge in [0.15, 0.2) is 5.69 Å². The van der Waals surface area contributed by atoms with Crippen molar-refractivity contribution >= 4 is 30.8 Å². The predicted octanol–water partition coefficient (Wildman–Crippen LogP) is 5.97. The third-order valence-corrected chi connectivity index (χ3v) is 10.9. The van der Waals surface area contributed by atoms with E-state index in [2.05, 4.69) is 55.9 Å². The summed E-state index contributed by atoms with van der Waals surface area (Å²) in [6, 6.07) is 9.05. The highest BCUT2D eigenvalue weighted by Crippen LogP contribution is 2.50. The molecular formula is C34H46N4O5Si. The normalized spacial score (nSPS) is 24.4. The van der Waals surface area contributed by atoms with Crippen molar-refractivity contribution in [3.8, 4) is 6.07 Å². The van der Waals surface area contributed by atoms with E-state index in [4.69, 9.17) is 9.47 Å². The van der Waals surface area contributed by atoms with Gasteiger partial charge in [-0.15, -0.1) is 0 Å². The molecule has 1 aromatic carbocycles. The van der Waals surface area contributed by atoms with Gasteiger partial charge in [0, 0.05) is 38.5 Å². The number of benzene rings is 1. The molecule has 236 valence electrons. The van der Waals surface area contributed by atoms with Crippen LogP contribution in [-0.2, 0) is 16.2 Å². The first kappa shape index (κ1) is 32.3. The molecule has 2 unspecified atom stereocenters. The van der Waals surface area contributed by atoms with Gasteiger partial charge < -0.3 is 29.6 Å². The lowest BCUT2D eigenvalue weighted by Gasteiger charge is -2.37. The Morgan fingerprint density at radius 1 is 1.18 bits per heavy atom. The summed E-state index contributed by atoms with van der Waals surface area (Å²) in [5.74, 6) is -0.283. The summed E-state index contributed by atoms with van der Waals surface area (Å²) in [5, 5.41) is 33.0. The van der Waals surface area contributed by atoms with Crippen LogP contribution in [0.25, 0.3) is 11.1 Å². The van der Waals surface area contributed by atoms with Gasteiger partial charge in [0.1, 0.15) is 18.4 Å². The molecule has 1 aromatic heterocycles. The van der Waals surface area contributed by atoms with E-state index in [0.29, 0.717) is 31.6 Å². The monoisotopic (exact) mass is 618 g/mol. The van der Waals surface area contributed by atoms with E-state index in [1.54, 1.807) is 10.8 Å². The van der Waals surface area contributed by atoms with Crippen molar-refractivity contribution < 1.29 is 24.5 Å². The summed E-state index contributed by atoms with van der Waals surface area (Å²) in [5.41, 5.74) is 3.67. The van der Waals surface area contributed by atoms with Crippen LogP contribution < -0.4 is 5.32 Å². The Balaban J connectivity index is 1.46. The van der Waals surface area contributed by atoms with Crippen LogP contribution in [0, 0.1) is 16.7 Å². The minimum absolute atomic E-state index is 0.105. The molecular weight excluding hydrogens is 572 g/mol. The van der Waals surface area contributed by atoms with Gasteiger partial charge >= 0.3 is 0 Å². The topological polar surface area (TPSA) is 130 Å². The SMILES string of the molecule is CC1(C)CC=C(c2cc(C3=CC4(CO)CCC(CO)(C3)O4)ccc2NC(=O)c2nc(C#N)cn2COCC[Si](C)(C)C)CC1. The van der Waals surface area contributed by atoms with Crippen LogP contribution in [0.1, 0.15) is 79.8 Å². The number of hydrogen-bond acceptors (Lipinski definition) is 7. The first-order valence-electron chi connectivity index (χ1n) is 15.6. The molecule has 44 heavy (non-hydrogen) atoms. The zero-order valence-corrected chi connectivity index (χ0v) is 27.7. The van der Waals surface area contributed by atoms with E-state index < -0.39 is 25.2 Å². The molecule has 2 aromatic rings. The van der Waals surface area contributed by atoms with Crippen LogP contribution >= 0.6 is 0 Å². The van der Waals surface area contributed by atoms with Crippen LogP contribution in [0.15, 0.2) is 36.5 Å². The summed E-state index contributed by atoms with van der Waals surface area (Å²) in [6.07, 6.45) is 10.6. The number of aliphatic hydroxyl groups is 2. The Kier molecular flexibility index (Phi) is 9.09. The largest absolute Gasteiger partial charge is 0.393 e. The van der Waals surface area contributed by atoms with Gasteiger partial charge in [0.25, 0.3) is 5.91 Å². The van der Waals surface area contributed by atoms with Crippen molar-refractivity contribution in [2.45, 2.75) is 96.0 Å². The van der Waals surface area contributed by atoms with Gasteiger partial charge in [-0.1, -0.05) is 45.6 Å². The third-order valence-electron chi connectivity index (χ3n) is 9.21. The molecule has 2 aliphatic heterocycles. The van der Waals surface area contributed by atoms with E-state index in [9.17, 15) is 20.3 Å². The van der Waals surface area contributed by atoms with E-state index in [0.717, 1.165) is 42.0 Å². The number of aliphatic hydroxyl groups excluding tert-OH is 2. The maximum absolute atomic E-state index is 13.7. The van der Waals surface area contributed by atoms with Gasteiger partial charge in [-0.2, -0.15) is 5.26 Å². The highest BCUT2D eigenvalue weighted by atomic mass is 28.3. The molecule has 2 atom stereocenters. The fourth-order valence-corrected chi connectivity index (χ4v) is 7.09. The number of aromatic nitrogens is 2. The second-order valence-corrected chi connectivity index (χ2v) is 20.3. The molecule has 1 saturated heterocycles. The summed E-state index contributed by atoms with van der Waals surface area (Å²) in [7, 11) is -1.27. The maximum atomic E-state index is 13.7. The number of carbonyl (C=O) groups is 1. The summed E-state index contributed by atoms with van der Waals surface area (Å²) >= 11 is 0.